The maximum absolute atomic E-state index is 2.30. The van der Waals surface area contributed by atoms with E-state index >= 15 is 0 Å². The standard InChI is InChI=1S/C16H21N/c1-13-8-7-11-15(12-13)16(17(2)3)14-9-5-4-6-10-14/h4-11,13,16H,12H2,1-3H3. The fourth-order valence-electron chi connectivity index (χ4n) is 2.56. The summed E-state index contributed by atoms with van der Waals surface area (Å²) in [7, 11) is 4.31. The van der Waals surface area contributed by atoms with Crippen LogP contribution in [0.15, 0.2) is 54.1 Å². The summed E-state index contributed by atoms with van der Waals surface area (Å²) in [6, 6.07) is 11.2. The lowest BCUT2D eigenvalue weighted by Gasteiger charge is -2.30. The number of hydrogen-bond acceptors (Lipinski definition) is 1. The summed E-state index contributed by atoms with van der Waals surface area (Å²) in [5, 5.41) is 0. The molecule has 0 aliphatic heterocycles. The third-order valence-electron chi connectivity index (χ3n) is 3.29. The fourth-order valence-corrected chi connectivity index (χ4v) is 2.56. The van der Waals surface area contributed by atoms with Crippen molar-refractivity contribution in [1.82, 2.24) is 4.90 Å². The summed E-state index contributed by atoms with van der Waals surface area (Å²) < 4.78 is 0. The highest BCUT2D eigenvalue weighted by Crippen LogP contribution is 2.32. The van der Waals surface area contributed by atoms with Crippen LogP contribution in [0.5, 0.6) is 0 Å². The van der Waals surface area contributed by atoms with Crippen LogP contribution >= 0.6 is 0 Å². The van der Waals surface area contributed by atoms with E-state index in [1.807, 2.05) is 0 Å². The molecule has 0 saturated carbocycles. The van der Waals surface area contributed by atoms with E-state index in [1.54, 1.807) is 0 Å². The van der Waals surface area contributed by atoms with Gasteiger partial charge in [0, 0.05) is 0 Å². The zero-order chi connectivity index (χ0) is 12.3. The molecule has 2 unspecified atom stereocenters. The molecule has 0 aromatic heterocycles. The number of rotatable bonds is 3. The first kappa shape index (κ1) is 12.1. The molecule has 1 aliphatic carbocycles. The molecule has 0 fully saturated rings. The Morgan fingerprint density at radius 2 is 1.88 bits per heavy atom. The van der Waals surface area contributed by atoms with Crippen molar-refractivity contribution in [2.75, 3.05) is 14.1 Å². The van der Waals surface area contributed by atoms with Crippen molar-refractivity contribution in [3.05, 3.63) is 59.7 Å². The predicted octanol–water partition coefficient (Wildman–Crippen LogP) is 3.81. The molecule has 90 valence electrons. The Kier molecular flexibility index (Phi) is 3.80. The van der Waals surface area contributed by atoms with Gasteiger partial charge in [-0.15, -0.1) is 0 Å². The Bertz CT molecular complexity index is 414. The topological polar surface area (TPSA) is 3.24 Å². The molecule has 0 N–H and O–H groups in total. The summed E-state index contributed by atoms with van der Waals surface area (Å²) in [6.45, 7) is 2.28. The Morgan fingerprint density at radius 1 is 1.18 bits per heavy atom. The molecule has 0 saturated heterocycles. The van der Waals surface area contributed by atoms with E-state index in [9.17, 15) is 0 Å². The smallest absolute Gasteiger partial charge is 0.0559 e. The van der Waals surface area contributed by atoms with Gasteiger partial charge in [-0.2, -0.15) is 0 Å². The molecule has 0 bridgehead atoms. The monoisotopic (exact) mass is 227 g/mol. The molecule has 2 rings (SSSR count). The first-order valence-electron chi connectivity index (χ1n) is 6.27. The average molecular weight is 227 g/mol. The largest absolute Gasteiger partial charge is 0.299 e. The SMILES string of the molecule is CC1C=CC=C(C(c2ccccc2)N(C)C)C1. The first-order valence-corrected chi connectivity index (χ1v) is 6.27. The van der Waals surface area contributed by atoms with Gasteiger partial charge in [0.05, 0.1) is 6.04 Å². The number of allylic oxidation sites excluding steroid dienone is 3. The fraction of sp³-hybridized carbons (Fsp3) is 0.375. The van der Waals surface area contributed by atoms with Crippen LogP contribution in [-0.2, 0) is 0 Å². The van der Waals surface area contributed by atoms with Gasteiger partial charge < -0.3 is 0 Å². The van der Waals surface area contributed by atoms with E-state index in [0.29, 0.717) is 12.0 Å². The summed E-state index contributed by atoms with van der Waals surface area (Å²) >= 11 is 0. The van der Waals surface area contributed by atoms with E-state index in [4.69, 9.17) is 0 Å². The van der Waals surface area contributed by atoms with Crippen molar-refractivity contribution in [1.29, 1.82) is 0 Å². The van der Waals surface area contributed by atoms with Crippen molar-refractivity contribution < 1.29 is 0 Å². The summed E-state index contributed by atoms with van der Waals surface area (Å²) in [6.07, 6.45) is 7.91. The molecule has 0 amide bonds. The molecule has 0 heterocycles. The van der Waals surface area contributed by atoms with Gasteiger partial charge in [0.25, 0.3) is 0 Å². The van der Waals surface area contributed by atoms with Crippen LogP contribution in [-0.4, -0.2) is 19.0 Å². The van der Waals surface area contributed by atoms with Crippen LogP contribution in [0.3, 0.4) is 0 Å². The number of hydrogen-bond donors (Lipinski definition) is 0. The Balaban J connectivity index is 2.31. The average Bonchev–Trinajstić information content (AvgIpc) is 2.30. The lowest BCUT2D eigenvalue weighted by Crippen LogP contribution is -2.23. The minimum atomic E-state index is 0.406. The van der Waals surface area contributed by atoms with Gasteiger partial charge in [0.2, 0.25) is 0 Å². The van der Waals surface area contributed by atoms with Gasteiger partial charge in [-0.3, -0.25) is 4.90 Å². The molecule has 0 radical (unpaired) electrons. The van der Waals surface area contributed by atoms with E-state index in [2.05, 4.69) is 74.5 Å². The molecule has 0 spiro atoms. The van der Waals surface area contributed by atoms with Gasteiger partial charge in [0.15, 0.2) is 0 Å². The van der Waals surface area contributed by atoms with Crippen LogP contribution in [0.2, 0.25) is 0 Å². The van der Waals surface area contributed by atoms with Gasteiger partial charge in [-0.1, -0.05) is 55.5 Å². The van der Waals surface area contributed by atoms with Crippen LogP contribution in [0.1, 0.15) is 24.9 Å². The van der Waals surface area contributed by atoms with Crippen LogP contribution in [0, 0.1) is 5.92 Å². The highest BCUT2D eigenvalue weighted by Gasteiger charge is 2.20. The van der Waals surface area contributed by atoms with Crippen molar-refractivity contribution >= 4 is 0 Å². The van der Waals surface area contributed by atoms with Crippen LogP contribution in [0.4, 0.5) is 0 Å². The predicted molar refractivity (Wildman–Crippen MR) is 73.9 cm³/mol. The quantitative estimate of drug-likeness (QED) is 0.759. The molecule has 1 aliphatic rings. The van der Waals surface area contributed by atoms with E-state index in [1.165, 1.54) is 11.1 Å². The Morgan fingerprint density at radius 3 is 2.47 bits per heavy atom. The number of likely N-dealkylation sites (N-methyl/N-ethyl adjacent to an activating group) is 1. The van der Waals surface area contributed by atoms with Crippen LogP contribution < -0.4 is 0 Å². The molecule has 1 aromatic rings. The molecular weight excluding hydrogens is 206 g/mol. The highest BCUT2D eigenvalue weighted by molar-refractivity contribution is 5.32. The van der Waals surface area contributed by atoms with Gasteiger partial charge in [-0.05, 0) is 37.6 Å². The van der Waals surface area contributed by atoms with Crippen molar-refractivity contribution in [3.8, 4) is 0 Å². The van der Waals surface area contributed by atoms with Crippen molar-refractivity contribution in [3.63, 3.8) is 0 Å². The Labute approximate surface area is 104 Å². The normalized spacial score (nSPS) is 21.4. The van der Waals surface area contributed by atoms with Gasteiger partial charge in [0.1, 0.15) is 0 Å². The first-order chi connectivity index (χ1) is 8.18. The lowest BCUT2D eigenvalue weighted by molar-refractivity contribution is 0.326. The zero-order valence-corrected chi connectivity index (χ0v) is 10.9. The molecule has 17 heavy (non-hydrogen) atoms. The van der Waals surface area contributed by atoms with E-state index < -0.39 is 0 Å². The van der Waals surface area contributed by atoms with Gasteiger partial charge >= 0.3 is 0 Å². The van der Waals surface area contributed by atoms with E-state index in [0.717, 1.165) is 6.42 Å². The molecule has 2 atom stereocenters. The third kappa shape index (κ3) is 2.86. The van der Waals surface area contributed by atoms with Crippen LogP contribution in [0.25, 0.3) is 0 Å². The summed E-state index contributed by atoms with van der Waals surface area (Å²) in [5.74, 6) is 0.654. The second-order valence-electron chi connectivity index (χ2n) is 5.08. The second kappa shape index (κ2) is 5.33. The molecule has 1 nitrogen and oxygen atoms in total. The molecular formula is C16H21N. The van der Waals surface area contributed by atoms with Gasteiger partial charge in [-0.25, -0.2) is 0 Å². The minimum Gasteiger partial charge on any atom is -0.299 e. The third-order valence-corrected chi connectivity index (χ3v) is 3.29. The minimum absolute atomic E-state index is 0.406. The van der Waals surface area contributed by atoms with E-state index in [-0.39, 0.29) is 0 Å². The highest BCUT2D eigenvalue weighted by atomic mass is 15.1. The zero-order valence-electron chi connectivity index (χ0n) is 10.9. The lowest BCUT2D eigenvalue weighted by atomic mass is 9.87. The number of nitrogens with zero attached hydrogens (tertiary/aromatic N) is 1. The number of benzene rings is 1. The maximum Gasteiger partial charge on any atom is 0.0559 e. The summed E-state index contributed by atoms with van der Waals surface area (Å²) in [5.41, 5.74) is 2.89. The molecule has 1 aromatic carbocycles. The van der Waals surface area contributed by atoms with Crippen molar-refractivity contribution in [2.24, 2.45) is 5.92 Å². The second-order valence-corrected chi connectivity index (χ2v) is 5.08. The Hall–Kier alpha value is -1.34. The maximum atomic E-state index is 2.30. The summed E-state index contributed by atoms with van der Waals surface area (Å²) in [4.78, 5) is 2.30. The molecule has 1 heteroatoms. The van der Waals surface area contributed by atoms with Crippen molar-refractivity contribution in [2.45, 2.75) is 19.4 Å².